The molecule has 0 N–H and O–H groups in total. The van der Waals surface area contributed by atoms with E-state index in [0.717, 1.165) is 31.8 Å². The van der Waals surface area contributed by atoms with Gasteiger partial charge in [0.1, 0.15) is 12.2 Å². The molecular formula is C24H28N4O. The normalized spacial score (nSPS) is 16.0. The average Bonchev–Trinajstić information content (AvgIpc) is 3.19. The van der Waals surface area contributed by atoms with Crippen molar-refractivity contribution < 1.29 is 4.79 Å². The molecule has 2 heterocycles. The fraction of sp³-hybridized carbons (Fsp3) is 0.375. The lowest BCUT2D eigenvalue weighted by atomic mass is 9.87. The van der Waals surface area contributed by atoms with E-state index in [0.29, 0.717) is 12.3 Å². The zero-order valence-electron chi connectivity index (χ0n) is 17.2. The first kappa shape index (κ1) is 19.4. The Bertz CT molecular complexity index is 941. The van der Waals surface area contributed by atoms with Crippen molar-refractivity contribution in [3.63, 3.8) is 0 Å². The first-order chi connectivity index (χ1) is 14.1. The zero-order chi connectivity index (χ0) is 20.2. The highest BCUT2D eigenvalue weighted by molar-refractivity contribution is 5.78. The number of likely N-dealkylation sites (tertiary alicyclic amines) is 1. The van der Waals surface area contributed by atoms with Crippen LogP contribution in [0, 0.1) is 6.92 Å². The minimum Gasteiger partial charge on any atom is -0.343 e. The van der Waals surface area contributed by atoms with Crippen LogP contribution in [0.25, 0.3) is 0 Å². The molecule has 0 aliphatic carbocycles. The third kappa shape index (κ3) is 4.39. The first-order valence-electron chi connectivity index (χ1n) is 10.3. The highest BCUT2D eigenvalue weighted by atomic mass is 16.2. The molecule has 0 radical (unpaired) electrons. The predicted molar refractivity (Wildman–Crippen MR) is 114 cm³/mol. The lowest BCUT2D eigenvalue weighted by Gasteiger charge is -2.32. The van der Waals surface area contributed by atoms with E-state index in [1.54, 1.807) is 6.33 Å². The predicted octanol–water partition coefficient (Wildman–Crippen LogP) is 4.05. The average molecular weight is 389 g/mol. The van der Waals surface area contributed by atoms with Gasteiger partial charge in [0, 0.05) is 38.4 Å². The second-order valence-electron chi connectivity index (χ2n) is 8.03. The Morgan fingerprint density at radius 2 is 1.69 bits per heavy atom. The van der Waals surface area contributed by atoms with E-state index >= 15 is 0 Å². The summed E-state index contributed by atoms with van der Waals surface area (Å²) in [4.78, 5) is 15.2. The highest BCUT2D eigenvalue weighted by Crippen LogP contribution is 2.31. The number of piperidine rings is 1. The first-order valence-corrected chi connectivity index (χ1v) is 10.3. The minimum atomic E-state index is 0.0840. The maximum Gasteiger partial charge on any atom is 0.223 e. The van der Waals surface area contributed by atoms with Crippen LogP contribution in [-0.4, -0.2) is 38.7 Å². The van der Waals surface area contributed by atoms with Crippen molar-refractivity contribution in [3.05, 3.63) is 83.4 Å². The molecule has 2 aromatic carbocycles. The Labute approximate surface area is 172 Å². The van der Waals surface area contributed by atoms with Crippen molar-refractivity contribution in [3.8, 4) is 0 Å². The largest absolute Gasteiger partial charge is 0.343 e. The Balaban J connectivity index is 1.46. The Morgan fingerprint density at radius 1 is 1.03 bits per heavy atom. The molecule has 0 saturated carbocycles. The number of benzene rings is 2. The van der Waals surface area contributed by atoms with Crippen LogP contribution in [-0.2, 0) is 11.8 Å². The molecule has 29 heavy (non-hydrogen) atoms. The Hall–Kier alpha value is -2.95. The third-order valence-corrected chi connectivity index (χ3v) is 6.02. The summed E-state index contributed by atoms with van der Waals surface area (Å²) in [6, 6.07) is 18.9. The molecular weight excluding hydrogens is 360 g/mol. The van der Waals surface area contributed by atoms with Crippen molar-refractivity contribution >= 4 is 5.91 Å². The van der Waals surface area contributed by atoms with E-state index in [4.69, 9.17) is 0 Å². The van der Waals surface area contributed by atoms with Gasteiger partial charge in [0.2, 0.25) is 5.91 Å². The van der Waals surface area contributed by atoms with Crippen LogP contribution in [0.4, 0.5) is 0 Å². The molecule has 1 amide bonds. The van der Waals surface area contributed by atoms with Crippen molar-refractivity contribution in [2.75, 3.05) is 13.1 Å². The second-order valence-corrected chi connectivity index (χ2v) is 8.03. The van der Waals surface area contributed by atoms with Gasteiger partial charge in [-0.1, -0.05) is 60.2 Å². The van der Waals surface area contributed by atoms with Crippen LogP contribution in [0.15, 0.2) is 60.9 Å². The van der Waals surface area contributed by atoms with Crippen LogP contribution in [0.3, 0.4) is 0 Å². The maximum absolute atomic E-state index is 13.2. The summed E-state index contributed by atoms with van der Waals surface area (Å²) in [6.07, 6.45) is 4.14. The number of hydrogen-bond acceptors (Lipinski definition) is 3. The molecule has 4 rings (SSSR count). The van der Waals surface area contributed by atoms with Crippen LogP contribution >= 0.6 is 0 Å². The van der Waals surface area contributed by atoms with E-state index in [2.05, 4.69) is 53.5 Å². The van der Waals surface area contributed by atoms with Gasteiger partial charge in [0.25, 0.3) is 0 Å². The van der Waals surface area contributed by atoms with Gasteiger partial charge in [0.15, 0.2) is 0 Å². The SMILES string of the molecule is Cc1ccc([C@H](CC(=O)N2CCC(c3nncn3C)CC2)c2ccccc2)cc1. The van der Waals surface area contributed by atoms with Gasteiger partial charge in [0.05, 0.1) is 0 Å². The molecule has 1 fully saturated rings. The van der Waals surface area contributed by atoms with Gasteiger partial charge < -0.3 is 9.47 Å². The van der Waals surface area contributed by atoms with Gasteiger partial charge >= 0.3 is 0 Å². The number of hydrogen-bond donors (Lipinski definition) is 0. The molecule has 0 bridgehead atoms. The van der Waals surface area contributed by atoms with Crippen molar-refractivity contribution in [2.24, 2.45) is 7.05 Å². The van der Waals surface area contributed by atoms with E-state index in [9.17, 15) is 4.79 Å². The molecule has 1 saturated heterocycles. The molecule has 1 aromatic heterocycles. The molecule has 150 valence electrons. The number of carbonyl (C=O) groups excluding carboxylic acids is 1. The van der Waals surface area contributed by atoms with Crippen LogP contribution in [0.1, 0.15) is 53.6 Å². The summed E-state index contributed by atoms with van der Waals surface area (Å²) in [5.74, 6) is 1.73. The number of amides is 1. The summed E-state index contributed by atoms with van der Waals surface area (Å²) in [5, 5.41) is 8.25. The number of rotatable bonds is 5. The Morgan fingerprint density at radius 3 is 2.31 bits per heavy atom. The molecule has 0 unspecified atom stereocenters. The number of carbonyl (C=O) groups is 1. The third-order valence-electron chi connectivity index (χ3n) is 6.02. The summed E-state index contributed by atoms with van der Waals surface area (Å²) >= 11 is 0. The van der Waals surface area contributed by atoms with E-state index in [1.807, 2.05) is 34.7 Å². The number of nitrogens with zero attached hydrogens (tertiary/aromatic N) is 4. The van der Waals surface area contributed by atoms with E-state index in [-0.39, 0.29) is 11.8 Å². The number of aromatic nitrogens is 3. The summed E-state index contributed by atoms with van der Waals surface area (Å²) in [6.45, 7) is 3.66. The molecule has 1 aliphatic heterocycles. The van der Waals surface area contributed by atoms with Crippen LogP contribution in [0.5, 0.6) is 0 Å². The molecule has 3 aromatic rings. The fourth-order valence-corrected chi connectivity index (χ4v) is 4.26. The monoisotopic (exact) mass is 388 g/mol. The molecule has 0 spiro atoms. The van der Waals surface area contributed by atoms with Gasteiger partial charge in [-0.05, 0) is 30.9 Å². The van der Waals surface area contributed by atoms with Gasteiger partial charge in [-0.3, -0.25) is 4.79 Å². The van der Waals surface area contributed by atoms with Crippen molar-refractivity contribution in [2.45, 2.75) is 38.0 Å². The second kappa shape index (κ2) is 8.60. The van der Waals surface area contributed by atoms with E-state index < -0.39 is 0 Å². The van der Waals surface area contributed by atoms with Gasteiger partial charge in [-0.2, -0.15) is 0 Å². The lowest BCUT2D eigenvalue weighted by molar-refractivity contribution is -0.132. The summed E-state index contributed by atoms with van der Waals surface area (Å²) in [7, 11) is 1.99. The van der Waals surface area contributed by atoms with Crippen molar-refractivity contribution in [1.82, 2.24) is 19.7 Å². The summed E-state index contributed by atoms with van der Waals surface area (Å²) < 4.78 is 1.99. The molecule has 5 nitrogen and oxygen atoms in total. The molecule has 1 atom stereocenters. The maximum atomic E-state index is 13.2. The topological polar surface area (TPSA) is 51.0 Å². The minimum absolute atomic E-state index is 0.0840. The van der Waals surface area contributed by atoms with Crippen LogP contribution in [0.2, 0.25) is 0 Å². The smallest absolute Gasteiger partial charge is 0.223 e. The van der Waals surface area contributed by atoms with Gasteiger partial charge in [-0.15, -0.1) is 10.2 Å². The van der Waals surface area contributed by atoms with Gasteiger partial charge in [-0.25, -0.2) is 0 Å². The fourth-order valence-electron chi connectivity index (χ4n) is 4.26. The highest BCUT2D eigenvalue weighted by Gasteiger charge is 2.28. The summed E-state index contributed by atoms with van der Waals surface area (Å²) in [5.41, 5.74) is 3.63. The standard InChI is InChI=1S/C24H28N4O/c1-18-8-10-20(11-9-18)22(19-6-4-3-5-7-19)16-23(29)28-14-12-21(13-15-28)24-26-25-17-27(24)2/h3-11,17,21-22H,12-16H2,1-2H3/t22-/m1/s1. The molecule has 5 heteroatoms. The van der Waals surface area contributed by atoms with Crippen LogP contribution < -0.4 is 0 Å². The quantitative estimate of drug-likeness (QED) is 0.662. The van der Waals surface area contributed by atoms with E-state index in [1.165, 1.54) is 16.7 Å². The number of aryl methyl sites for hydroxylation is 2. The Kier molecular flexibility index (Phi) is 5.74. The van der Waals surface area contributed by atoms with Crippen molar-refractivity contribution in [1.29, 1.82) is 0 Å². The zero-order valence-corrected chi connectivity index (χ0v) is 17.2. The lowest BCUT2D eigenvalue weighted by Crippen LogP contribution is -2.39. The molecule has 1 aliphatic rings.